The Morgan fingerprint density at radius 3 is 2.40 bits per heavy atom. The molecule has 0 fully saturated rings. The van der Waals surface area contributed by atoms with Gasteiger partial charge >= 0.3 is 11.9 Å². The summed E-state index contributed by atoms with van der Waals surface area (Å²) in [6, 6.07) is 3.08. The van der Waals surface area contributed by atoms with E-state index in [-0.39, 0.29) is 0 Å². The molecule has 0 aliphatic heterocycles. The van der Waals surface area contributed by atoms with E-state index in [1.54, 1.807) is 0 Å². The number of nitrogens with zero attached hydrogens (tertiary/aromatic N) is 1. The van der Waals surface area contributed by atoms with Crippen LogP contribution in [0, 0.1) is 10.1 Å². The molecule has 0 saturated carbocycles. The van der Waals surface area contributed by atoms with Crippen LogP contribution in [0.2, 0.25) is 0 Å². The number of hydrogen-bond donors (Lipinski definition) is 3. The molecule has 0 saturated heterocycles. The van der Waals surface area contributed by atoms with Crippen LogP contribution >= 0.6 is 0 Å². The fourth-order valence-corrected chi connectivity index (χ4v) is 1.62. The van der Waals surface area contributed by atoms with E-state index in [2.05, 4.69) is 4.74 Å². The molecule has 9 heteroatoms. The number of aliphatic hydroxyl groups excluding tert-OH is 2. The van der Waals surface area contributed by atoms with E-state index >= 15 is 0 Å². The van der Waals surface area contributed by atoms with E-state index in [1.165, 1.54) is 0 Å². The number of carbonyl (C=O) groups is 2. The highest BCUT2D eigenvalue weighted by Gasteiger charge is 2.35. The number of carboxylic acids is 1. The zero-order valence-corrected chi connectivity index (χ0v) is 10.2. The molecule has 0 spiro atoms. The van der Waals surface area contributed by atoms with Gasteiger partial charge in [-0.1, -0.05) is 6.07 Å². The van der Waals surface area contributed by atoms with Crippen molar-refractivity contribution in [2.45, 2.75) is 12.2 Å². The number of carboxylic acid groups (broad SMARTS) is 1. The van der Waals surface area contributed by atoms with Crippen molar-refractivity contribution in [2.24, 2.45) is 0 Å². The lowest BCUT2D eigenvalue weighted by atomic mass is 9.96. The third-order valence-electron chi connectivity index (χ3n) is 2.55. The molecule has 0 aliphatic carbocycles. The van der Waals surface area contributed by atoms with E-state index in [0.29, 0.717) is 0 Å². The van der Waals surface area contributed by atoms with Gasteiger partial charge in [0, 0.05) is 6.07 Å². The molecule has 0 radical (unpaired) electrons. The Hall–Kier alpha value is -2.52. The van der Waals surface area contributed by atoms with Crippen LogP contribution in [0.1, 0.15) is 22.0 Å². The molecule has 20 heavy (non-hydrogen) atoms. The van der Waals surface area contributed by atoms with Gasteiger partial charge in [-0.25, -0.2) is 9.59 Å². The number of ether oxygens (including phenoxy) is 1. The molecule has 3 N–H and O–H groups in total. The Bertz CT molecular complexity index is 523. The van der Waals surface area contributed by atoms with Gasteiger partial charge in [0.2, 0.25) is 0 Å². The van der Waals surface area contributed by atoms with Crippen LogP contribution < -0.4 is 0 Å². The van der Waals surface area contributed by atoms with Gasteiger partial charge in [0.05, 0.1) is 23.2 Å². The molecule has 1 aromatic rings. The molecule has 0 aliphatic rings. The Morgan fingerprint density at radius 2 is 1.95 bits per heavy atom. The number of nitro groups is 1. The summed E-state index contributed by atoms with van der Waals surface area (Å²) >= 11 is 0. The average molecular weight is 285 g/mol. The van der Waals surface area contributed by atoms with E-state index in [1.807, 2.05) is 0 Å². The lowest BCUT2D eigenvalue weighted by Gasteiger charge is -2.17. The fraction of sp³-hybridized carbons (Fsp3) is 0.273. The number of hydrogen-bond acceptors (Lipinski definition) is 7. The molecule has 1 rings (SSSR count). The number of aromatic carboxylic acids is 1. The summed E-state index contributed by atoms with van der Waals surface area (Å²) in [6.07, 6.45) is -4.24. The first-order chi connectivity index (χ1) is 9.31. The van der Waals surface area contributed by atoms with Gasteiger partial charge < -0.3 is 20.1 Å². The maximum absolute atomic E-state index is 11.1. The van der Waals surface area contributed by atoms with Crippen molar-refractivity contribution in [3.8, 4) is 0 Å². The van der Waals surface area contributed by atoms with Crippen LogP contribution in [-0.4, -0.2) is 45.4 Å². The average Bonchev–Trinajstić information content (AvgIpc) is 2.43. The highest BCUT2D eigenvalue weighted by atomic mass is 16.6. The Morgan fingerprint density at radius 1 is 1.35 bits per heavy atom. The zero-order chi connectivity index (χ0) is 15.4. The summed E-state index contributed by atoms with van der Waals surface area (Å²) in [5.41, 5.74) is -1.97. The number of nitro benzene ring substituents is 1. The molecule has 2 atom stereocenters. The van der Waals surface area contributed by atoms with Gasteiger partial charge in [-0.2, -0.15) is 0 Å². The topological polar surface area (TPSA) is 147 Å². The minimum Gasteiger partial charge on any atom is -0.478 e. The fourth-order valence-electron chi connectivity index (χ4n) is 1.62. The Labute approximate surface area is 112 Å². The highest BCUT2D eigenvalue weighted by Crippen LogP contribution is 2.31. The van der Waals surface area contributed by atoms with Gasteiger partial charge in [0.1, 0.15) is 6.10 Å². The number of esters is 1. The lowest BCUT2D eigenvalue weighted by molar-refractivity contribution is -0.386. The van der Waals surface area contributed by atoms with Crippen molar-refractivity contribution >= 4 is 17.6 Å². The molecule has 108 valence electrons. The van der Waals surface area contributed by atoms with Gasteiger partial charge in [-0.15, -0.1) is 0 Å². The van der Waals surface area contributed by atoms with Crippen LogP contribution in [0.5, 0.6) is 0 Å². The summed E-state index contributed by atoms with van der Waals surface area (Å²) < 4.78 is 4.19. The predicted octanol–water partition coefficient (Wildman–Crippen LogP) is -0.140. The van der Waals surface area contributed by atoms with Crippen LogP contribution in [-0.2, 0) is 9.53 Å². The quantitative estimate of drug-likeness (QED) is 0.384. The summed E-state index contributed by atoms with van der Waals surface area (Å²) in [6.45, 7) is 0. The predicted molar refractivity (Wildman–Crippen MR) is 63.0 cm³/mol. The Balaban J connectivity index is 3.43. The monoisotopic (exact) mass is 285 g/mol. The van der Waals surface area contributed by atoms with Crippen molar-refractivity contribution < 1.29 is 34.6 Å². The standard InChI is InChI=1S/C11H11NO8/c1-20-11(17)9(14)8(13)7-5(10(15)16)3-2-4-6(7)12(18)19/h2-4,8-9,13-14H,1H3,(H,15,16). The maximum atomic E-state index is 11.1. The van der Waals surface area contributed by atoms with E-state index in [0.717, 1.165) is 25.3 Å². The summed E-state index contributed by atoms with van der Waals surface area (Å²) in [5, 5.41) is 39.2. The van der Waals surface area contributed by atoms with Crippen LogP contribution in [0.25, 0.3) is 0 Å². The molecule has 2 unspecified atom stereocenters. The molecule has 0 aromatic heterocycles. The second-order valence-corrected chi connectivity index (χ2v) is 3.71. The highest BCUT2D eigenvalue weighted by molar-refractivity contribution is 5.91. The third-order valence-corrected chi connectivity index (χ3v) is 2.55. The second kappa shape index (κ2) is 6.08. The van der Waals surface area contributed by atoms with Crippen molar-refractivity contribution in [1.82, 2.24) is 0 Å². The van der Waals surface area contributed by atoms with Crippen LogP contribution in [0.3, 0.4) is 0 Å². The second-order valence-electron chi connectivity index (χ2n) is 3.71. The van der Waals surface area contributed by atoms with Gasteiger partial charge in [0.15, 0.2) is 6.10 Å². The van der Waals surface area contributed by atoms with Gasteiger partial charge in [0.25, 0.3) is 5.69 Å². The minimum absolute atomic E-state index is 0.588. The summed E-state index contributed by atoms with van der Waals surface area (Å²) in [4.78, 5) is 32.1. The molecular weight excluding hydrogens is 274 g/mol. The number of carbonyl (C=O) groups excluding carboxylic acids is 1. The van der Waals surface area contributed by atoms with E-state index in [9.17, 15) is 29.9 Å². The van der Waals surface area contributed by atoms with Crippen LogP contribution in [0.15, 0.2) is 18.2 Å². The first-order valence-corrected chi connectivity index (χ1v) is 5.25. The van der Waals surface area contributed by atoms with E-state index < -0.39 is 45.9 Å². The van der Waals surface area contributed by atoms with Crippen molar-refractivity contribution in [1.29, 1.82) is 0 Å². The molecular formula is C11H11NO8. The maximum Gasteiger partial charge on any atom is 0.337 e. The minimum atomic E-state index is -2.14. The normalized spacial score (nSPS) is 13.3. The first kappa shape index (κ1) is 15.5. The summed E-state index contributed by atoms with van der Waals surface area (Å²) in [5.74, 6) is -2.79. The molecule has 1 aromatic carbocycles. The number of benzene rings is 1. The van der Waals surface area contributed by atoms with Crippen molar-refractivity contribution in [3.05, 3.63) is 39.4 Å². The van der Waals surface area contributed by atoms with Gasteiger partial charge in [-0.3, -0.25) is 10.1 Å². The van der Waals surface area contributed by atoms with Gasteiger partial charge in [-0.05, 0) is 6.07 Å². The van der Waals surface area contributed by atoms with Crippen molar-refractivity contribution in [2.75, 3.05) is 7.11 Å². The Kier molecular flexibility index (Phi) is 4.73. The first-order valence-electron chi connectivity index (χ1n) is 5.25. The van der Waals surface area contributed by atoms with E-state index in [4.69, 9.17) is 5.11 Å². The zero-order valence-electron chi connectivity index (χ0n) is 10.2. The molecule has 9 nitrogen and oxygen atoms in total. The number of rotatable bonds is 5. The number of aliphatic hydroxyl groups is 2. The smallest absolute Gasteiger partial charge is 0.337 e. The SMILES string of the molecule is COC(=O)C(O)C(O)c1c(C(=O)O)cccc1[N+](=O)[O-]. The number of methoxy groups -OCH3 is 1. The third kappa shape index (κ3) is 2.90. The molecule has 0 bridgehead atoms. The molecule has 0 amide bonds. The van der Waals surface area contributed by atoms with Crippen molar-refractivity contribution in [3.63, 3.8) is 0 Å². The molecule has 0 heterocycles. The summed E-state index contributed by atoms with van der Waals surface area (Å²) in [7, 11) is 0.940. The largest absolute Gasteiger partial charge is 0.478 e. The lowest BCUT2D eigenvalue weighted by Crippen LogP contribution is -2.30. The van der Waals surface area contributed by atoms with Crippen LogP contribution in [0.4, 0.5) is 5.69 Å².